The predicted molar refractivity (Wildman–Crippen MR) is 79.3 cm³/mol. The summed E-state index contributed by atoms with van der Waals surface area (Å²) in [6.45, 7) is 2.21. The van der Waals surface area contributed by atoms with Crippen LogP contribution in [0.2, 0.25) is 0 Å². The molecule has 0 fully saturated rings. The van der Waals surface area contributed by atoms with Crippen molar-refractivity contribution in [2.45, 2.75) is 39.0 Å². The highest BCUT2D eigenvalue weighted by Crippen LogP contribution is 2.16. The Kier molecular flexibility index (Phi) is 7.40. The Morgan fingerprint density at radius 2 is 2.05 bits per heavy atom. The quantitative estimate of drug-likeness (QED) is 0.558. The van der Waals surface area contributed by atoms with Gasteiger partial charge >= 0.3 is 5.97 Å². The molecule has 3 heteroatoms. The molecule has 0 aliphatic carbocycles. The van der Waals surface area contributed by atoms with Crippen LogP contribution in [0.3, 0.4) is 0 Å². The fourth-order valence-corrected chi connectivity index (χ4v) is 1.82. The van der Waals surface area contributed by atoms with Crippen LogP contribution in [-0.4, -0.2) is 13.1 Å². The molecule has 0 spiro atoms. The molecule has 0 bridgehead atoms. The van der Waals surface area contributed by atoms with Gasteiger partial charge in [0.2, 0.25) is 0 Å². The van der Waals surface area contributed by atoms with E-state index in [2.05, 4.69) is 18.3 Å². The van der Waals surface area contributed by atoms with Gasteiger partial charge in [0.25, 0.3) is 0 Å². The number of hydrogen-bond donors (Lipinski definition) is 1. The van der Waals surface area contributed by atoms with E-state index in [-0.39, 0.29) is 5.97 Å². The largest absolute Gasteiger partial charge is 0.465 e. The summed E-state index contributed by atoms with van der Waals surface area (Å²) in [6, 6.07) is 7.34. The van der Waals surface area contributed by atoms with Gasteiger partial charge in [0.15, 0.2) is 0 Å². The number of anilines is 1. The van der Waals surface area contributed by atoms with Gasteiger partial charge in [-0.15, -0.1) is 0 Å². The minimum absolute atomic E-state index is 0.320. The van der Waals surface area contributed by atoms with Gasteiger partial charge in [-0.3, -0.25) is 0 Å². The molecule has 3 nitrogen and oxygen atoms in total. The van der Waals surface area contributed by atoms with Crippen molar-refractivity contribution in [3.63, 3.8) is 0 Å². The van der Waals surface area contributed by atoms with Crippen molar-refractivity contribution in [3.05, 3.63) is 42.1 Å². The summed E-state index contributed by atoms with van der Waals surface area (Å²) in [5.74, 6) is -0.320. The van der Waals surface area contributed by atoms with Crippen LogP contribution in [0.4, 0.5) is 5.69 Å². The van der Waals surface area contributed by atoms with Crippen LogP contribution in [0.15, 0.2) is 36.5 Å². The third-order valence-electron chi connectivity index (χ3n) is 2.91. The van der Waals surface area contributed by atoms with Gasteiger partial charge in [-0.25, -0.2) is 4.79 Å². The maximum Gasteiger partial charge on any atom is 0.339 e. The van der Waals surface area contributed by atoms with E-state index in [4.69, 9.17) is 4.74 Å². The summed E-state index contributed by atoms with van der Waals surface area (Å²) >= 11 is 0. The molecule has 1 aromatic rings. The van der Waals surface area contributed by atoms with Crippen molar-refractivity contribution in [2.75, 3.05) is 12.4 Å². The second-order valence-electron chi connectivity index (χ2n) is 4.43. The molecule has 1 N–H and O–H groups in total. The molecule has 0 saturated carbocycles. The molecule has 1 aromatic carbocycles. The highest BCUT2D eigenvalue weighted by molar-refractivity contribution is 5.95. The maximum absolute atomic E-state index is 11.6. The van der Waals surface area contributed by atoms with E-state index < -0.39 is 0 Å². The molecule has 19 heavy (non-hydrogen) atoms. The van der Waals surface area contributed by atoms with Crippen LogP contribution >= 0.6 is 0 Å². The normalized spacial score (nSPS) is 10.6. The van der Waals surface area contributed by atoms with Gasteiger partial charge in [0.1, 0.15) is 0 Å². The fourth-order valence-electron chi connectivity index (χ4n) is 1.82. The first kappa shape index (κ1) is 15.3. The Hall–Kier alpha value is -1.77. The first-order valence-corrected chi connectivity index (χ1v) is 6.88. The number of nitrogens with one attached hydrogen (secondary N) is 1. The Labute approximate surface area is 115 Å². The zero-order valence-corrected chi connectivity index (χ0v) is 11.8. The number of ether oxygens (including phenoxy) is 1. The molecular weight excluding hydrogens is 238 g/mol. The van der Waals surface area contributed by atoms with Crippen LogP contribution in [0, 0.1) is 0 Å². The van der Waals surface area contributed by atoms with E-state index in [9.17, 15) is 4.79 Å². The number of carbonyl (C=O) groups is 1. The number of benzene rings is 1. The molecule has 0 aliphatic heterocycles. The number of methoxy groups -OCH3 is 1. The highest BCUT2D eigenvalue weighted by atomic mass is 16.5. The summed E-state index contributed by atoms with van der Waals surface area (Å²) in [6.07, 6.45) is 10.1. The second kappa shape index (κ2) is 9.20. The predicted octanol–water partition coefficient (Wildman–Crippen LogP) is 4.37. The van der Waals surface area contributed by atoms with Gasteiger partial charge < -0.3 is 10.1 Å². The van der Waals surface area contributed by atoms with Gasteiger partial charge in [-0.1, -0.05) is 44.4 Å². The zero-order valence-electron chi connectivity index (χ0n) is 11.8. The second-order valence-corrected chi connectivity index (χ2v) is 4.43. The lowest BCUT2D eigenvalue weighted by Gasteiger charge is -2.06. The van der Waals surface area contributed by atoms with Gasteiger partial charge in [0.05, 0.1) is 18.4 Å². The minimum atomic E-state index is -0.320. The van der Waals surface area contributed by atoms with Crippen LogP contribution in [0.5, 0.6) is 0 Å². The highest BCUT2D eigenvalue weighted by Gasteiger charge is 2.09. The molecule has 0 saturated heterocycles. The Bertz CT molecular complexity index is 413. The third-order valence-corrected chi connectivity index (χ3v) is 2.91. The lowest BCUT2D eigenvalue weighted by molar-refractivity contribution is 0.0602. The van der Waals surface area contributed by atoms with Crippen molar-refractivity contribution < 1.29 is 9.53 Å². The number of hydrogen-bond acceptors (Lipinski definition) is 3. The fraction of sp³-hybridized carbons (Fsp3) is 0.438. The van der Waals surface area contributed by atoms with E-state index in [0.717, 1.165) is 12.1 Å². The van der Waals surface area contributed by atoms with Gasteiger partial charge in [0, 0.05) is 0 Å². The summed E-state index contributed by atoms with van der Waals surface area (Å²) in [5, 5.41) is 3.14. The van der Waals surface area contributed by atoms with E-state index in [1.807, 2.05) is 24.4 Å². The van der Waals surface area contributed by atoms with Gasteiger partial charge in [-0.2, -0.15) is 0 Å². The van der Waals surface area contributed by atoms with Crippen LogP contribution in [0.25, 0.3) is 0 Å². The van der Waals surface area contributed by atoms with E-state index in [0.29, 0.717) is 5.56 Å². The number of rotatable bonds is 8. The zero-order chi connectivity index (χ0) is 13.9. The summed E-state index contributed by atoms with van der Waals surface area (Å²) in [5.41, 5.74) is 1.33. The Morgan fingerprint density at radius 1 is 1.26 bits per heavy atom. The molecule has 0 aromatic heterocycles. The minimum Gasteiger partial charge on any atom is -0.465 e. The lowest BCUT2D eigenvalue weighted by atomic mass is 10.1. The lowest BCUT2D eigenvalue weighted by Crippen LogP contribution is -2.04. The molecular formula is C16H23NO2. The molecule has 0 atom stereocenters. The van der Waals surface area contributed by atoms with Crippen molar-refractivity contribution in [2.24, 2.45) is 0 Å². The van der Waals surface area contributed by atoms with E-state index >= 15 is 0 Å². The molecule has 0 heterocycles. The molecule has 0 radical (unpaired) electrons. The van der Waals surface area contributed by atoms with Crippen LogP contribution < -0.4 is 5.32 Å². The third kappa shape index (κ3) is 5.60. The molecule has 0 unspecified atom stereocenters. The topological polar surface area (TPSA) is 38.3 Å². The molecule has 104 valence electrons. The number of para-hydroxylation sites is 1. The maximum atomic E-state index is 11.6. The SMILES string of the molecule is CCCCCCC=CNc1ccccc1C(=O)OC. The van der Waals surface area contributed by atoms with Crippen molar-refractivity contribution in [1.29, 1.82) is 0 Å². The molecule has 1 rings (SSSR count). The number of esters is 1. The van der Waals surface area contributed by atoms with Crippen molar-refractivity contribution in [1.82, 2.24) is 0 Å². The number of carbonyl (C=O) groups excluding carboxylic acids is 1. The average molecular weight is 261 g/mol. The monoisotopic (exact) mass is 261 g/mol. The van der Waals surface area contributed by atoms with Gasteiger partial charge in [-0.05, 0) is 31.2 Å². The van der Waals surface area contributed by atoms with E-state index in [1.54, 1.807) is 6.07 Å². The Balaban J connectivity index is 2.44. The first-order chi connectivity index (χ1) is 9.29. The average Bonchev–Trinajstić information content (AvgIpc) is 2.46. The summed E-state index contributed by atoms with van der Waals surface area (Å²) in [4.78, 5) is 11.6. The standard InChI is InChI=1S/C16H23NO2/c1-3-4-5-6-7-10-13-17-15-12-9-8-11-14(15)16(18)19-2/h8-13,17H,3-7H2,1-2H3. The molecule has 0 aliphatic rings. The smallest absolute Gasteiger partial charge is 0.339 e. The number of unbranched alkanes of at least 4 members (excludes halogenated alkanes) is 4. The van der Waals surface area contributed by atoms with E-state index in [1.165, 1.54) is 32.8 Å². The van der Waals surface area contributed by atoms with Crippen LogP contribution in [-0.2, 0) is 4.74 Å². The number of allylic oxidation sites excluding steroid dienone is 1. The molecule has 0 amide bonds. The summed E-state index contributed by atoms with van der Waals surface area (Å²) < 4.78 is 4.75. The van der Waals surface area contributed by atoms with Crippen molar-refractivity contribution >= 4 is 11.7 Å². The van der Waals surface area contributed by atoms with Crippen LogP contribution in [0.1, 0.15) is 49.4 Å². The van der Waals surface area contributed by atoms with Crippen molar-refractivity contribution in [3.8, 4) is 0 Å². The first-order valence-electron chi connectivity index (χ1n) is 6.88. The Morgan fingerprint density at radius 3 is 2.79 bits per heavy atom. The summed E-state index contributed by atoms with van der Waals surface area (Å²) in [7, 11) is 1.39.